The molecular formula is C16H29N3. The highest BCUT2D eigenvalue weighted by Crippen LogP contribution is 2.42. The summed E-state index contributed by atoms with van der Waals surface area (Å²) in [6.45, 7) is 6.20. The fourth-order valence-electron chi connectivity index (χ4n) is 3.54. The minimum absolute atomic E-state index is 0.339. The molecule has 3 nitrogen and oxygen atoms in total. The summed E-state index contributed by atoms with van der Waals surface area (Å²) in [7, 11) is 0. The molecule has 2 rings (SSSR count). The van der Waals surface area contributed by atoms with Crippen molar-refractivity contribution >= 4 is 0 Å². The van der Waals surface area contributed by atoms with Gasteiger partial charge in [-0.2, -0.15) is 5.10 Å². The van der Waals surface area contributed by atoms with Crippen LogP contribution in [0.15, 0.2) is 12.4 Å². The van der Waals surface area contributed by atoms with E-state index in [2.05, 4.69) is 25.1 Å². The summed E-state index contributed by atoms with van der Waals surface area (Å²) in [5.74, 6) is 0.947. The summed E-state index contributed by atoms with van der Waals surface area (Å²) < 4.78 is 2.02. The van der Waals surface area contributed by atoms with Gasteiger partial charge in [-0.3, -0.25) is 4.68 Å². The molecule has 2 N–H and O–H groups in total. The van der Waals surface area contributed by atoms with E-state index in [4.69, 9.17) is 5.73 Å². The smallest absolute Gasteiger partial charge is 0.0521 e. The van der Waals surface area contributed by atoms with Crippen LogP contribution in [-0.2, 0) is 13.0 Å². The second-order valence-corrected chi connectivity index (χ2v) is 6.32. The summed E-state index contributed by atoms with van der Waals surface area (Å²) in [4.78, 5) is 0. The first-order valence-electron chi connectivity index (χ1n) is 7.92. The summed E-state index contributed by atoms with van der Waals surface area (Å²) in [6, 6.07) is 0. The zero-order valence-corrected chi connectivity index (χ0v) is 12.6. The van der Waals surface area contributed by atoms with Gasteiger partial charge in [-0.15, -0.1) is 0 Å². The molecule has 1 saturated carbocycles. The van der Waals surface area contributed by atoms with Crippen LogP contribution in [-0.4, -0.2) is 16.3 Å². The molecule has 0 spiro atoms. The van der Waals surface area contributed by atoms with Crippen LogP contribution in [0.2, 0.25) is 0 Å². The Morgan fingerprint density at radius 2 is 2.11 bits per heavy atom. The molecule has 1 aromatic rings. The molecule has 1 fully saturated rings. The third-order valence-electron chi connectivity index (χ3n) is 4.89. The Kier molecular flexibility index (Phi) is 5.03. The van der Waals surface area contributed by atoms with Crippen LogP contribution in [0.3, 0.4) is 0 Å². The van der Waals surface area contributed by atoms with E-state index in [1.54, 1.807) is 0 Å². The lowest BCUT2D eigenvalue weighted by Gasteiger charge is -2.39. The number of aromatic nitrogens is 2. The van der Waals surface area contributed by atoms with Crippen LogP contribution in [0.1, 0.15) is 57.9 Å². The standard InChI is InChI=1S/C16H29N3/c1-3-5-14-6-8-16(13-17,9-7-14)10-15-11-18-19(4-2)12-15/h11-12,14H,3-10,13,17H2,1-2H3. The molecule has 1 heterocycles. The highest BCUT2D eigenvalue weighted by molar-refractivity contribution is 5.09. The molecule has 0 saturated heterocycles. The predicted octanol–water partition coefficient (Wildman–Crippen LogP) is 3.38. The number of nitrogens with zero attached hydrogens (tertiary/aromatic N) is 2. The summed E-state index contributed by atoms with van der Waals surface area (Å²) in [5.41, 5.74) is 7.82. The van der Waals surface area contributed by atoms with Gasteiger partial charge in [-0.05, 0) is 62.5 Å². The summed E-state index contributed by atoms with van der Waals surface area (Å²) in [5, 5.41) is 4.39. The lowest BCUT2D eigenvalue weighted by atomic mass is 9.67. The van der Waals surface area contributed by atoms with Crippen molar-refractivity contribution in [2.24, 2.45) is 17.1 Å². The summed E-state index contributed by atoms with van der Waals surface area (Å²) >= 11 is 0. The van der Waals surface area contributed by atoms with Crippen molar-refractivity contribution in [2.75, 3.05) is 6.54 Å². The minimum atomic E-state index is 0.339. The molecule has 0 bridgehead atoms. The lowest BCUT2D eigenvalue weighted by Crippen LogP contribution is -2.36. The van der Waals surface area contributed by atoms with Gasteiger partial charge in [0.2, 0.25) is 0 Å². The molecular weight excluding hydrogens is 234 g/mol. The van der Waals surface area contributed by atoms with Gasteiger partial charge in [0.1, 0.15) is 0 Å². The van der Waals surface area contributed by atoms with Crippen LogP contribution < -0.4 is 5.73 Å². The van der Waals surface area contributed by atoms with Gasteiger partial charge in [0, 0.05) is 12.7 Å². The second-order valence-electron chi connectivity index (χ2n) is 6.32. The van der Waals surface area contributed by atoms with Crippen molar-refractivity contribution in [1.29, 1.82) is 0 Å². The highest BCUT2D eigenvalue weighted by Gasteiger charge is 2.34. The number of hydrogen-bond donors (Lipinski definition) is 1. The Labute approximate surface area is 117 Å². The zero-order valence-electron chi connectivity index (χ0n) is 12.6. The highest BCUT2D eigenvalue weighted by atomic mass is 15.3. The first kappa shape index (κ1) is 14.6. The lowest BCUT2D eigenvalue weighted by molar-refractivity contribution is 0.151. The maximum atomic E-state index is 6.12. The molecule has 108 valence electrons. The van der Waals surface area contributed by atoms with Crippen molar-refractivity contribution in [2.45, 2.75) is 65.3 Å². The topological polar surface area (TPSA) is 43.8 Å². The zero-order chi connectivity index (χ0) is 13.7. The molecule has 0 atom stereocenters. The number of hydrogen-bond acceptors (Lipinski definition) is 2. The van der Waals surface area contributed by atoms with E-state index in [1.807, 2.05) is 10.9 Å². The largest absolute Gasteiger partial charge is 0.330 e. The van der Waals surface area contributed by atoms with E-state index in [0.717, 1.165) is 25.4 Å². The molecule has 0 amide bonds. The maximum Gasteiger partial charge on any atom is 0.0521 e. The van der Waals surface area contributed by atoms with E-state index in [0.29, 0.717) is 5.41 Å². The van der Waals surface area contributed by atoms with Crippen molar-refractivity contribution < 1.29 is 0 Å². The number of nitrogens with two attached hydrogens (primary N) is 1. The van der Waals surface area contributed by atoms with Crippen LogP contribution in [0, 0.1) is 11.3 Å². The SMILES string of the molecule is CCCC1CCC(CN)(Cc2cnn(CC)c2)CC1. The van der Waals surface area contributed by atoms with Crippen LogP contribution in [0.4, 0.5) is 0 Å². The average Bonchev–Trinajstić information content (AvgIpc) is 2.89. The molecule has 1 aliphatic carbocycles. The second kappa shape index (κ2) is 6.56. The molecule has 0 radical (unpaired) electrons. The van der Waals surface area contributed by atoms with Crippen molar-refractivity contribution in [3.05, 3.63) is 18.0 Å². The maximum absolute atomic E-state index is 6.12. The molecule has 0 aliphatic heterocycles. The number of rotatable bonds is 6. The Balaban J connectivity index is 1.96. The van der Waals surface area contributed by atoms with E-state index in [1.165, 1.54) is 44.1 Å². The van der Waals surface area contributed by atoms with Crippen molar-refractivity contribution in [1.82, 2.24) is 9.78 Å². The van der Waals surface area contributed by atoms with Gasteiger partial charge >= 0.3 is 0 Å². The van der Waals surface area contributed by atoms with Crippen molar-refractivity contribution in [3.63, 3.8) is 0 Å². The molecule has 1 aromatic heterocycles. The van der Waals surface area contributed by atoms with Gasteiger partial charge in [0.15, 0.2) is 0 Å². The van der Waals surface area contributed by atoms with Crippen LogP contribution in [0.5, 0.6) is 0 Å². The van der Waals surface area contributed by atoms with E-state index in [9.17, 15) is 0 Å². The van der Waals surface area contributed by atoms with Gasteiger partial charge < -0.3 is 5.73 Å². The number of aryl methyl sites for hydroxylation is 1. The van der Waals surface area contributed by atoms with Gasteiger partial charge in [-0.1, -0.05) is 19.8 Å². The van der Waals surface area contributed by atoms with Crippen molar-refractivity contribution in [3.8, 4) is 0 Å². The van der Waals surface area contributed by atoms with E-state index < -0.39 is 0 Å². The first-order valence-corrected chi connectivity index (χ1v) is 7.92. The first-order chi connectivity index (χ1) is 9.21. The van der Waals surface area contributed by atoms with Gasteiger partial charge in [-0.25, -0.2) is 0 Å². The third-order valence-corrected chi connectivity index (χ3v) is 4.89. The molecule has 1 aliphatic rings. The minimum Gasteiger partial charge on any atom is -0.330 e. The van der Waals surface area contributed by atoms with E-state index in [-0.39, 0.29) is 0 Å². The Morgan fingerprint density at radius 3 is 2.63 bits per heavy atom. The molecule has 19 heavy (non-hydrogen) atoms. The Morgan fingerprint density at radius 1 is 1.37 bits per heavy atom. The van der Waals surface area contributed by atoms with E-state index >= 15 is 0 Å². The van der Waals surface area contributed by atoms with Gasteiger partial charge in [0.25, 0.3) is 0 Å². The monoisotopic (exact) mass is 263 g/mol. The summed E-state index contributed by atoms with van der Waals surface area (Å²) in [6.07, 6.45) is 13.4. The Bertz CT molecular complexity index is 375. The molecule has 0 aromatic carbocycles. The quantitative estimate of drug-likeness (QED) is 0.855. The van der Waals surface area contributed by atoms with Crippen LogP contribution >= 0.6 is 0 Å². The Hall–Kier alpha value is -0.830. The fourth-order valence-corrected chi connectivity index (χ4v) is 3.54. The third kappa shape index (κ3) is 3.59. The van der Waals surface area contributed by atoms with Gasteiger partial charge in [0.05, 0.1) is 6.20 Å². The molecule has 0 unspecified atom stereocenters. The van der Waals surface area contributed by atoms with Crippen LogP contribution in [0.25, 0.3) is 0 Å². The predicted molar refractivity (Wildman–Crippen MR) is 80.0 cm³/mol. The average molecular weight is 263 g/mol. The fraction of sp³-hybridized carbons (Fsp3) is 0.812. The normalized spacial score (nSPS) is 27.6. The molecule has 3 heteroatoms.